The van der Waals surface area contributed by atoms with Gasteiger partial charge in [0.25, 0.3) is 0 Å². The first-order valence-corrected chi connectivity index (χ1v) is 6.50. The maximum atomic E-state index is 5.55. The zero-order chi connectivity index (χ0) is 13.0. The van der Waals surface area contributed by atoms with Crippen LogP contribution >= 0.6 is 0 Å². The van der Waals surface area contributed by atoms with E-state index in [0.717, 1.165) is 24.4 Å². The Bertz CT molecular complexity index is 507. The molecule has 1 aromatic carbocycles. The van der Waals surface area contributed by atoms with E-state index >= 15 is 0 Å². The highest BCUT2D eigenvalue weighted by Crippen LogP contribution is 2.23. The largest absolute Gasteiger partial charge is 0.380 e. The van der Waals surface area contributed by atoms with Crippen LogP contribution in [0.4, 0.5) is 0 Å². The average molecular weight is 247 g/mol. The molecule has 1 atom stereocenters. The molecule has 0 radical (unpaired) electrons. The molecule has 98 valence electrons. The predicted octanol–water partition coefficient (Wildman–Crippen LogP) is 2.26. The van der Waals surface area contributed by atoms with Crippen molar-refractivity contribution in [3.8, 4) is 0 Å². The number of benzene rings is 1. The van der Waals surface area contributed by atoms with Crippen LogP contribution in [0.1, 0.15) is 25.6 Å². The second-order valence-corrected chi connectivity index (χ2v) is 4.30. The van der Waals surface area contributed by atoms with E-state index in [4.69, 9.17) is 4.74 Å². The van der Waals surface area contributed by atoms with E-state index in [1.54, 1.807) is 0 Å². The number of aryl methyl sites for hydroxylation is 1. The quantitative estimate of drug-likeness (QED) is 0.851. The number of rotatable bonds is 6. The molecule has 1 heterocycles. The molecule has 0 saturated carbocycles. The summed E-state index contributed by atoms with van der Waals surface area (Å²) in [6, 6.07) is 8.46. The smallest absolute Gasteiger partial charge is 0.0896 e. The van der Waals surface area contributed by atoms with Crippen molar-refractivity contribution in [2.75, 3.05) is 19.8 Å². The van der Waals surface area contributed by atoms with Crippen molar-refractivity contribution >= 4 is 10.9 Å². The van der Waals surface area contributed by atoms with Crippen molar-refractivity contribution in [2.24, 2.45) is 7.05 Å². The molecule has 4 nitrogen and oxygen atoms in total. The molecular weight excluding hydrogens is 226 g/mol. The van der Waals surface area contributed by atoms with Gasteiger partial charge in [0.15, 0.2) is 0 Å². The molecule has 0 aliphatic heterocycles. The molecule has 0 spiro atoms. The molecule has 2 aromatic rings. The normalized spacial score (nSPS) is 13.1. The second-order valence-electron chi connectivity index (χ2n) is 4.30. The minimum Gasteiger partial charge on any atom is -0.380 e. The topological polar surface area (TPSA) is 39.1 Å². The van der Waals surface area contributed by atoms with Crippen LogP contribution in [-0.2, 0) is 11.8 Å². The van der Waals surface area contributed by atoms with E-state index in [1.807, 2.05) is 24.7 Å². The van der Waals surface area contributed by atoms with Gasteiger partial charge in [-0.05, 0) is 19.5 Å². The molecule has 0 aliphatic rings. The van der Waals surface area contributed by atoms with E-state index in [1.165, 1.54) is 5.39 Å². The summed E-state index contributed by atoms with van der Waals surface area (Å²) < 4.78 is 7.48. The van der Waals surface area contributed by atoms with Gasteiger partial charge in [0.1, 0.15) is 0 Å². The third-order valence-electron chi connectivity index (χ3n) is 3.06. The summed E-state index contributed by atoms with van der Waals surface area (Å²) in [5, 5.41) is 9.27. The van der Waals surface area contributed by atoms with Gasteiger partial charge in [-0.1, -0.05) is 25.1 Å². The van der Waals surface area contributed by atoms with Crippen molar-refractivity contribution < 1.29 is 4.74 Å². The summed E-state index contributed by atoms with van der Waals surface area (Å²) in [7, 11) is 1.98. The van der Waals surface area contributed by atoms with Gasteiger partial charge in [0.05, 0.1) is 23.9 Å². The standard InChI is InChI=1S/C14H21N3O/c1-4-15-12(10-18-5-2)14-11-8-6-7-9-13(11)17(3)16-14/h6-9,12,15H,4-5,10H2,1-3H3. The van der Waals surface area contributed by atoms with Gasteiger partial charge in [0.2, 0.25) is 0 Å². The molecule has 18 heavy (non-hydrogen) atoms. The van der Waals surface area contributed by atoms with Gasteiger partial charge in [0, 0.05) is 19.0 Å². The number of fused-ring (bicyclic) bond motifs is 1. The van der Waals surface area contributed by atoms with Crippen LogP contribution in [-0.4, -0.2) is 29.5 Å². The zero-order valence-electron chi connectivity index (χ0n) is 11.3. The lowest BCUT2D eigenvalue weighted by Gasteiger charge is -2.15. The molecule has 4 heteroatoms. The second kappa shape index (κ2) is 5.98. The highest BCUT2D eigenvalue weighted by molar-refractivity contribution is 5.82. The Labute approximate surface area is 108 Å². The predicted molar refractivity (Wildman–Crippen MR) is 73.6 cm³/mol. The van der Waals surface area contributed by atoms with Crippen molar-refractivity contribution in [3.63, 3.8) is 0 Å². The van der Waals surface area contributed by atoms with Crippen LogP contribution in [0.15, 0.2) is 24.3 Å². The van der Waals surface area contributed by atoms with Crippen LogP contribution in [0.2, 0.25) is 0 Å². The van der Waals surface area contributed by atoms with E-state index < -0.39 is 0 Å². The number of nitrogens with one attached hydrogen (secondary N) is 1. The summed E-state index contributed by atoms with van der Waals surface area (Å²) >= 11 is 0. The first kappa shape index (κ1) is 13.1. The number of hydrogen-bond donors (Lipinski definition) is 1. The molecule has 2 rings (SSSR count). The Balaban J connectivity index is 2.37. The van der Waals surface area contributed by atoms with Crippen LogP contribution in [0, 0.1) is 0 Å². The lowest BCUT2D eigenvalue weighted by atomic mass is 10.1. The molecule has 1 aromatic heterocycles. The molecule has 0 aliphatic carbocycles. The fourth-order valence-electron chi connectivity index (χ4n) is 2.22. The lowest BCUT2D eigenvalue weighted by Crippen LogP contribution is -2.26. The summed E-state index contributed by atoms with van der Waals surface area (Å²) in [6.07, 6.45) is 0. The summed E-state index contributed by atoms with van der Waals surface area (Å²) in [6.45, 7) is 6.41. The maximum absolute atomic E-state index is 5.55. The lowest BCUT2D eigenvalue weighted by molar-refractivity contribution is 0.122. The molecule has 0 saturated heterocycles. The van der Waals surface area contributed by atoms with Crippen molar-refractivity contribution in [3.05, 3.63) is 30.0 Å². The minimum atomic E-state index is 0.154. The third kappa shape index (κ3) is 2.54. The van der Waals surface area contributed by atoms with Crippen LogP contribution in [0.25, 0.3) is 10.9 Å². The van der Waals surface area contributed by atoms with Gasteiger partial charge in [-0.3, -0.25) is 4.68 Å². The molecule has 0 fully saturated rings. The van der Waals surface area contributed by atoms with Crippen molar-refractivity contribution in [1.82, 2.24) is 15.1 Å². The van der Waals surface area contributed by atoms with Gasteiger partial charge in [-0.25, -0.2) is 0 Å². The SMILES string of the molecule is CCNC(COCC)c1nn(C)c2ccccc12. The number of hydrogen-bond acceptors (Lipinski definition) is 3. The molecule has 1 unspecified atom stereocenters. The highest BCUT2D eigenvalue weighted by Gasteiger charge is 2.17. The number of para-hydroxylation sites is 1. The summed E-state index contributed by atoms with van der Waals surface area (Å²) in [5.41, 5.74) is 2.23. The fraction of sp³-hybridized carbons (Fsp3) is 0.500. The highest BCUT2D eigenvalue weighted by atomic mass is 16.5. The Morgan fingerprint density at radius 1 is 1.33 bits per heavy atom. The Kier molecular flexibility index (Phi) is 4.33. The summed E-state index contributed by atoms with van der Waals surface area (Å²) in [5.74, 6) is 0. The number of aromatic nitrogens is 2. The number of likely N-dealkylation sites (N-methyl/N-ethyl adjacent to an activating group) is 1. The van der Waals surface area contributed by atoms with Gasteiger partial charge < -0.3 is 10.1 Å². The molecule has 0 amide bonds. The molecular formula is C14H21N3O. The number of ether oxygens (including phenoxy) is 1. The van der Waals surface area contributed by atoms with Crippen molar-refractivity contribution in [2.45, 2.75) is 19.9 Å². The van der Waals surface area contributed by atoms with E-state index in [2.05, 4.69) is 35.5 Å². The first-order chi connectivity index (χ1) is 8.77. The van der Waals surface area contributed by atoms with E-state index in [-0.39, 0.29) is 6.04 Å². The summed E-state index contributed by atoms with van der Waals surface area (Å²) in [4.78, 5) is 0. The first-order valence-electron chi connectivity index (χ1n) is 6.50. The third-order valence-corrected chi connectivity index (χ3v) is 3.06. The molecule has 0 bridgehead atoms. The van der Waals surface area contributed by atoms with E-state index in [0.29, 0.717) is 6.61 Å². The monoisotopic (exact) mass is 247 g/mol. The Morgan fingerprint density at radius 2 is 2.11 bits per heavy atom. The van der Waals surface area contributed by atoms with Crippen LogP contribution in [0.5, 0.6) is 0 Å². The van der Waals surface area contributed by atoms with Gasteiger partial charge >= 0.3 is 0 Å². The van der Waals surface area contributed by atoms with Crippen molar-refractivity contribution in [1.29, 1.82) is 0 Å². The van der Waals surface area contributed by atoms with Crippen LogP contribution < -0.4 is 5.32 Å². The zero-order valence-corrected chi connectivity index (χ0v) is 11.3. The maximum Gasteiger partial charge on any atom is 0.0896 e. The molecule has 1 N–H and O–H groups in total. The van der Waals surface area contributed by atoms with Gasteiger partial charge in [-0.15, -0.1) is 0 Å². The van der Waals surface area contributed by atoms with Crippen LogP contribution in [0.3, 0.4) is 0 Å². The fourth-order valence-corrected chi connectivity index (χ4v) is 2.22. The van der Waals surface area contributed by atoms with Gasteiger partial charge in [-0.2, -0.15) is 5.10 Å². The number of nitrogens with zero attached hydrogens (tertiary/aromatic N) is 2. The Morgan fingerprint density at radius 3 is 2.83 bits per heavy atom. The minimum absolute atomic E-state index is 0.154. The van der Waals surface area contributed by atoms with E-state index in [9.17, 15) is 0 Å². The Hall–Kier alpha value is -1.39. The average Bonchev–Trinajstić information content (AvgIpc) is 2.73.